The SMILES string of the molecule is Cc1nc2c(Cl)cccc2c(N(C)C)c1CC#N. The number of aryl methyl sites for hydroxylation is 1. The fraction of sp³-hybridized carbons (Fsp3) is 0.286. The van der Waals surface area contributed by atoms with E-state index in [1.807, 2.05) is 44.1 Å². The quantitative estimate of drug-likeness (QED) is 0.831. The Morgan fingerprint density at radius 2 is 2.11 bits per heavy atom. The fourth-order valence-corrected chi connectivity index (χ4v) is 2.41. The highest BCUT2D eigenvalue weighted by atomic mass is 35.5. The maximum atomic E-state index is 8.95. The van der Waals surface area contributed by atoms with Crippen molar-refractivity contribution in [2.45, 2.75) is 13.3 Å². The highest BCUT2D eigenvalue weighted by Crippen LogP contribution is 2.33. The van der Waals surface area contributed by atoms with Crippen LogP contribution in [0, 0.1) is 18.3 Å². The third-order valence-corrected chi connectivity index (χ3v) is 3.25. The number of pyridine rings is 1. The average molecular weight is 260 g/mol. The predicted molar refractivity (Wildman–Crippen MR) is 75.1 cm³/mol. The highest BCUT2D eigenvalue weighted by molar-refractivity contribution is 6.35. The summed E-state index contributed by atoms with van der Waals surface area (Å²) in [6.45, 7) is 1.92. The van der Waals surface area contributed by atoms with E-state index in [2.05, 4.69) is 11.1 Å². The number of benzene rings is 1. The molecule has 0 atom stereocenters. The summed E-state index contributed by atoms with van der Waals surface area (Å²) in [7, 11) is 3.94. The molecule has 3 nitrogen and oxygen atoms in total. The van der Waals surface area contributed by atoms with Gasteiger partial charge in [-0.3, -0.25) is 4.98 Å². The zero-order valence-electron chi connectivity index (χ0n) is 10.7. The second-order valence-electron chi connectivity index (χ2n) is 4.39. The molecule has 2 aromatic rings. The van der Waals surface area contributed by atoms with Crippen molar-refractivity contribution >= 4 is 28.2 Å². The number of rotatable bonds is 2. The molecule has 4 heteroatoms. The van der Waals surface area contributed by atoms with Gasteiger partial charge in [0.25, 0.3) is 0 Å². The van der Waals surface area contributed by atoms with Crippen LogP contribution in [-0.2, 0) is 6.42 Å². The summed E-state index contributed by atoms with van der Waals surface area (Å²) in [4.78, 5) is 6.54. The number of hydrogen-bond acceptors (Lipinski definition) is 3. The van der Waals surface area contributed by atoms with E-state index in [0.29, 0.717) is 11.4 Å². The van der Waals surface area contributed by atoms with Crippen LogP contribution in [-0.4, -0.2) is 19.1 Å². The fourth-order valence-electron chi connectivity index (χ4n) is 2.19. The van der Waals surface area contributed by atoms with Gasteiger partial charge >= 0.3 is 0 Å². The average Bonchev–Trinajstić information content (AvgIpc) is 2.31. The molecule has 0 aliphatic carbocycles. The zero-order chi connectivity index (χ0) is 13.3. The minimum absolute atomic E-state index is 0.356. The molecule has 18 heavy (non-hydrogen) atoms. The number of nitrogens with zero attached hydrogens (tertiary/aromatic N) is 3. The summed E-state index contributed by atoms with van der Waals surface area (Å²) in [5.41, 5.74) is 3.65. The molecule has 0 aliphatic rings. The van der Waals surface area contributed by atoms with E-state index in [1.165, 1.54) is 0 Å². The Morgan fingerprint density at radius 1 is 1.39 bits per heavy atom. The summed E-state index contributed by atoms with van der Waals surface area (Å²) in [5.74, 6) is 0. The molecular weight excluding hydrogens is 246 g/mol. The molecule has 0 bridgehead atoms. The standard InChI is InChI=1S/C14H14ClN3/c1-9-10(7-8-16)14(18(2)3)11-5-4-6-12(15)13(11)17-9/h4-6H,7H2,1-3H3. The van der Waals surface area contributed by atoms with Gasteiger partial charge in [0, 0.05) is 30.7 Å². The second-order valence-corrected chi connectivity index (χ2v) is 4.80. The van der Waals surface area contributed by atoms with Gasteiger partial charge in [0.2, 0.25) is 0 Å². The first kappa shape index (κ1) is 12.7. The van der Waals surface area contributed by atoms with E-state index in [-0.39, 0.29) is 0 Å². The third-order valence-electron chi connectivity index (χ3n) is 2.95. The van der Waals surface area contributed by atoms with Gasteiger partial charge in [-0.25, -0.2) is 0 Å². The molecule has 0 saturated heterocycles. The van der Waals surface area contributed by atoms with Crippen molar-refractivity contribution in [3.8, 4) is 6.07 Å². The summed E-state index contributed by atoms with van der Waals surface area (Å²) in [6.07, 6.45) is 0.356. The van der Waals surface area contributed by atoms with Gasteiger partial charge in [-0.1, -0.05) is 23.7 Å². The van der Waals surface area contributed by atoms with Crippen molar-refractivity contribution in [1.29, 1.82) is 5.26 Å². The normalized spacial score (nSPS) is 10.4. The molecule has 0 saturated carbocycles. The number of hydrogen-bond donors (Lipinski definition) is 0. The lowest BCUT2D eigenvalue weighted by molar-refractivity contribution is 1.06. The summed E-state index contributed by atoms with van der Waals surface area (Å²) < 4.78 is 0. The van der Waals surface area contributed by atoms with Gasteiger partial charge in [-0.2, -0.15) is 5.26 Å². The van der Waals surface area contributed by atoms with Crippen LogP contribution in [0.4, 0.5) is 5.69 Å². The van der Waals surface area contributed by atoms with Crippen LogP contribution < -0.4 is 4.90 Å². The summed E-state index contributed by atoms with van der Waals surface area (Å²) in [6, 6.07) is 7.93. The molecule has 0 amide bonds. The molecule has 0 unspecified atom stereocenters. The maximum Gasteiger partial charge on any atom is 0.0912 e. The van der Waals surface area contributed by atoms with E-state index < -0.39 is 0 Å². The Hall–Kier alpha value is -1.79. The Labute approximate surface area is 112 Å². The van der Waals surface area contributed by atoms with E-state index in [4.69, 9.17) is 16.9 Å². The van der Waals surface area contributed by atoms with Crippen molar-refractivity contribution in [3.63, 3.8) is 0 Å². The van der Waals surface area contributed by atoms with Crippen molar-refractivity contribution in [2.75, 3.05) is 19.0 Å². The largest absolute Gasteiger partial charge is 0.377 e. The van der Waals surface area contributed by atoms with Crippen molar-refractivity contribution in [2.24, 2.45) is 0 Å². The van der Waals surface area contributed by atoms with Gasteiger partial charge in [0.05, 0.1) is 28.7 Å². The van der Waals surface area contributed by atoms with E-state index >= 15 is 0 Å². The van der Waals surface area contributed by atoms with Gasteiger partial charge < -0.3 is 4.90 Å². The molecule has 2 rings (SSSR count). The lowest BCUT2D eigenvalue weighted by Crippen LogP contribution is -2.13. The van der Waals surface area contributed by atoms with Crippen molar-refractivity contribution in [1.82, 2.24) is 4.98 Å². The van der Waals surface area contributed by atoms with Gasteiger partial charge in [-0.05, 0) is 13.0 Å². The number of fused-ring (bicyclic) bond motifs is 1. The molecule has 1 aromatic heterocycles. The molecular formula is C14H14ClN3. The number of nitriles is 1. The number of anilines is 1. The van der Waals surface area contributed by atoms with Crippen LogP contribution in [0.2, 0.25) is 5.02 Å². The molecule has 92 valence electrons. The topological polar surface area (TPSA) is 39.9 Å². The lowest BCUT2D eigenvalue weighted by Gasteiger charge is -2.20. The lowest BCUT2D eigenvalue weighted by atomic mass is 10.0. The monoisotopic (exact) mass is 259 g/mol. The minimum Gasteiger partial charge on any atom is -0.377 e. The molecule has 1 heterocycles. The number of para-hydroxylation sites is 1. The Kier molecular flexibility index (Phi) is 3.40. The van der Waals surface area contributed by atoms with Gasteiger partial charge in [-0.15, -0.1) is 0 Å². The first-order valence-corrected chi connectivity index (χ1v) is 6.06. The second kappa shape index (κ2) is 4.83. The molecule has 0 fully saturated rings. The molecule has 0 spiro atoms. The van der Waals surface area contributed by atoms with Gasteiger partial charge in [0.1, 0.15) is 0 Å². The first-order chi connectivity index (χ1) is 8.56. The van der Waals surface area contributed by atoms with Crippen LogP contribution >= 0.6 is 11.6 Å². The maximum absolute atomic E-state index is 8.95. The third kappa shape index (κ3) is 2.00. The smallest absolute Gasteiger partial charge is 0.0912 e. The predicted octanol–water partition coefficient (Wildman–Crippen LogP) is 3.33. The summed E-state index contributed by atoms with van der Waals surface area (Å²) in [5, 5.41) is 10.6. The Morgan fingerprint density at radius 3 is 2.72 bits per heavy atom. The molecule has 0 aliphatic heterocycles. The van der Waals surface area contributed by atoms with Crippen molar-refractivity contribution < 1.29 is 0 Å². The number of aromatic nitrogens is 1. The van der Waals surface area contributed by atoms with E-state index in [9.17, 15) is 0 Å². The van der Waals surface area contributed by atoms with Crippen molar-refractivity contribution in [3.05, 3.63) is 34.5 Å². The zero-order valence-corrected chi connectivity index (χ0v) is 11.4. The van der Waals surface area contributed by atoms with Gasteiger partial charge in [0.15, 0.2) is 0 Å². The summed E-state index contributed by atoms with van der Waals surface area (Å²) >= 11 is 6.19. The first-order valence-electron chi connectivity index (χ1n) is 5.68. The molecule has 0 N–H and O–H groups in total. The number of halogens is 1. The van der Waals surface area contributed by atoms with E-state index in [0.717, 1.165) is 27.8 Å². The van der Waals surface area contributed by atoms with Crippen LogP contribution in [0.25, 0.3) is 10.9 Å². The Bertz CT molecular complexity index is 642. The van der Waals surface area contributed by atoms with Crippen LogP contribution in [0.5, 0.6) is 0 Å². The van der Waals surface area contributed by atoms with E-state index in [1.54, 1.807) is 0 Å². The molecule has 0 radical (unpaired) electrons. The molecule has 1 aromatic carbocycles. The minimum atomic E-state index is 0.356. The van der Waals surface area contributed by atoms with Crippen LogP contribution in [0.15, 0.2) is 18.2 Å². The van der Waals surface area contributed by atoms with Crippen LogP contribution in [0.1, 0.15) is 11.3 Å². The Balaban J connectivity index is 2.90. The van der Waals surface area contributed by atoms with Crippen LogP contribution in [0.3, 0.4) is 0 Å². The highest BCUT2D eigenvalue weighted by Gasteiger charge is 2.15.